The maximum atomic E-state index is 15.2. The third-order valence-corrected chi connectivity index (χ3v) is 15.6. The average molecular weight is 929 g/mol. The van der Waals surface area contributed by atoms with Crippen molar-refractivity contribution in [2.75, 3.05) is 0 Å². The lowest BCUT2D eigenvalue weighted by molar-refractivity contribution is -0.153. The van der Waals surface area contributed by atoms with Crippen LogP contribution in [0.2, 0.25) is 20.1 Å². The summed E-state index contributed by atoms with van der Waals surface area (Å²) in [5.74, 6) is -1.83. The van der Waals surface area contributed by atoms with Gasteiger partial charge >= 0.3 is 16.3 Å². The van der Waals surface area contributed by atoms with E-state index in [4.69, 9.17) is 51.5 Å². The Morgan fingerprint density at radius 2 is 1.33 bits per heavy atom. The minimum Gasteiger partial charge on any atom is -0.281 e. The minimum absolute atomic E-state index is 0.0456. The first-order chi connectivity index (χ1) is 27.6. The van der Waals surface area contributed by atoms with Gasteiger partial charge in [0.25, 0.3) is 0 Å². The number of aryl methyl sites for hydroxylation is 2. The second-order valence-electron chi connectivity index (χ2n) is 15.0. The Kier molecular flexibility index (Phi) is 11.9. The molecule has 0 aliphatic heterocycles. The van der Waals surface area contributed by atoms with Gasteiger partial charge in [0, 0.05) is 27.1 Å². The maximum Gasteiger partial charge on any atom is 0.397 e. The summed E-state index contributed by atoms with van der Waals surface area (Å²) in [5, 5.41) is 13.4. The summed E-state index contributed by atoms with van der Waals surface area (Å²) in [5.41, 5.74) is 6.81. The van der Waals surface area contributed by atoms with Gasteiger partial charge in [0.15, 0.2) is 0 Å². The Morgan fingerprint density at radius 1 is 0.759 bits per heavy atom. The van der Waals surface area contributed by atoms with Gasteiger partial charge in [-0.05, 0) is 116 Å². The summed E-state index contributed by atoms with van der Waals surface area (Å²) in [6, 6.07) is 13.6. The van der Waals surface area contributed by atoms with E-state index in [1.54, 1.807) is 35.6 Å². The quantitative estimate of drug-likeness (QED) is 0.103. The molecule has 0 amide bonds. The minimum atomic E-state index is -4.61. The highest BCUT2D eigenvalue weighted by Gasteiger charge is 2.45. The summed E-state index contributed by atoms with van der Waals surface area (Å²) < 4.78 is 82.8. The van der Waals surface area contributed by atoms with Crippen molar-refractivity contribution in [3.63, 3.8) is 0 Å². The first-order valence-electron chi connectivity index (χ1n) is 19.0. The van der Waals surface area contributed by atoms with E-state index < -0.39 is 22.2 Å². The highest BCUT2D eigenvalue weighted by molar-refractivity contribution is 7.88. The molecule has 6 aromatic rings. The van der Waals surface area contributed by atoms with Gasteiger partial charge < -0.3 is 0 Å². The first kappa shape index (κ1) is 41.8. The third-order valence-electron chi connectivity index (χ3n) is 11.1. The van der Waals surface area contributed by atoms with Crippen LogP contribution in [0.25, 0.3) is 32.5 Å². The molecule has 7 nitrogen and oxygen atoms in total. The summed E-state index contributed by atoms with van der Waals surface area (Å²) in [4.78, 5) is 1.62. The summed E-state index contributed by atoms with van der Waals surface area (Å²) in [6.07, 6.45) is 1.51. The Hall–Kier alpha value is -2.88. The van der Waals surface area contributed by atoms with Gasteiger partial charge in [-0.15, -0.1) is 22.7 Å². The van der Waals surface area contributed by atoms with E-state index >= 15 is 13.2 Å². The first-order valence-corrected chi connectivity index (χ1v) is 23.6. The Labute approximate surface area is 362 Å². The zero-order chi connectivity index (χ0) is 41.1. The molecule has 0 bridgehead atoms. The van der Waals surface area contributed by atoms with Gasteiger partial charge in [-0.25, -0.2) is 9.36 Å². The van der Waals surface area contributed by atoms with E-state index in [1.165, 1.54) is 32.8 Å². The van der Waals surface area contributed by atoms with Gasteiger partial charge in [-0.3, -0.25) is 4.55 Å². The van der Waals surface area contributed by atoms with Crippen LogP contribution in [0, 0.1) is 0 Å². The summed E-state index contributed by atoms with van der Waals surface area (Å²) in [6.45, 7) is 2.13. The molecular weight excluding hydrogens is 891 g/mol. The Morgan fingerprint density at radius 3 is 1.93 bits per heavy atom. The number of hydrogen-bond donors (Lipinski definition) is 1. The molecule has 4 aromatic heterocycles. The number of fused-ring (bicyclic) bond motifs is 6. The van der Waals surface area contributed by atoms with Gasteiger partial charge in [-0.1, -0.05) is 72.6 Å². The highest BCUT2D eigenvalue weighted by atomic mass is 35.5. The van der Waals surface area contributed by atoms with Crippen molar-refractivity contribution in [3.05, 3.63) is 108 Å². The van der Waals surface area contributed by atoms with Crippen molar-refractivity contribution >= 4 is 79.2 Å². The van der Waals surface area contributed by atoms with Crippen LogP contribution in [0.3, 0.4) is 0 Å². The van der Waals surface area contributed by atoms with Crippen LogP contribution in [-0.4, -0.2) is 38.7 Å². The molecule has 0 fully saturated rings. The van der Waals surface area contributed by atoms with Crippen LogP contribution in [0.15, 0.2) is 58.1 Å². The number of halogens is 7. The topological polar surface area (TPSA) is 90.0 Å². The smallest absolute Gasteiger partial charge is 0.281 e. The maximum absolute atomic E-state index is 15.2. The number of alkyl halides is 3. The molecular formula is C41H37Cl4F3N4O3S3. The summed E-state index contributed by atoms with van der Waals surface area (Å²) in [7, 11) is -4.56. The van der Waals surface area contributed by atoms with Crippen molar-refractivity contribution in [3.8, 4) is 32.5 Å². The number of aromatic nitrogens is 4. The molecule has 2 atom stereocenters. The molecule has 58 heavy (non-hydrogen) atoms. The molecule has 306 valence electrons. The van der Waals surface area contributed by atoms with Crippen molar-refractivity contribution in [1.82, 2.24) is 19.6 Å². The number of benzene rings is 2. The molecule has 8 rings (SSSR count). The fourth-order valence-corrected chi connectivity index (χ4v) is 12.3. The van der Waals surface area contributed by atoms with Crippen LogP contribution < -0.4 is 0 Å². The molecule has 0 radical (unpaired) electrons. The number of unbranched alkanes of at least 4 members (excludes halogenated alkanes) is 2. The molecule has 2 aliphatic rings. The predicted molar refractivity (Wildman–Crippen MR) is 228 cm³/mol. The lowest BCUT2D eigenvalue weighted by atomic mass is 9.90. The molecule has 0 spiro atoms. The van der Waals surface area contributed by atoms with Gasteiger partial charge in [0.1, 0.15) is 4.21 Å². The molecule has 0 saturated heterocycles. The normalized spacial score (nSPS) is 15.3. The van der Waals surface area contributed by atoms with Crippen LogP contribution in [0.1, 0.15) is 97.3 Å². The Balaban J connectivity index is 1.06. The van der Waals surface area contributed by atoms with Crippen molar-refractivity contribution in [2.45, 2.75) is 99.8 Å². The average Bonchev–Trinajstić information content (AvgIpc) is 3.90. The van der Waals surface area contributed by atoms with Gasteiger partial charge in [0.2, 0.25) is 0 Å². The second kappa shape index (κ2) is 16.5. The molecule has 4 heterocycles. The lowest BCUT2D eigenvalue weighted by Gasteiger charge is -2.20. The van der Waals surface area contributed by atoms with E-state index in [1.807, 2.05) is 10.7 Å². The second-order valence-corrected chi connectivity index (χ2v) is 20.3. The highest BCUT2D eigenvalue weighted by Crippen LogP contribution is 2.48. The summed E-state index contributed by atoms with van der Waals surface area (Å²) >= 11 is 28.3. The fourth-order valence-electron chi connectivity index (χ4n) is 8.36. The molecule has 0 saturated carbocycles. The van der Waals surface area contributed by atoms with Gasteiger partial charge in [-0.2, -0.15) is 31.8 Å². The van der Waals surface area contributed by atoms with E-state index in [0.29, 0.717) is 81.0 Å². The third kappa shape index (κ3) is 8.14. The zero-order valence-corrected chi connectivity index (χ0v) is 36.5. The molecule has 2 unspecified atom stereocenters. The van der Waals surface area contributed by atoms with Crippen molar-refractivity contribution < 1.29 is 26.1 Å². The Bertz CT molecular complexity index is 2630. The lowest BCUT2D eigenvalue weighted by Crippen LogP contribution is -2.22. The van der Waals surface area contributed by atoms with E-state index in [9.17, 15) is 13.0 Å². The standard InChI is InChI=1S/C41H37Cl4F3N4O3S3/c1-22(35-27-10-5-8-23-17-18-56-39(23)37(27)51(49-35)32-15-13-25(42)20-30(32)44)7-3-2-4-12-29(41(46,47)48)36-28-11-6-9-24-19-34(58(53,54)55)57-40(24)38(28)52(50-36)33-16-14-26(43)21-31(33)45/h13-22,29H,2-12H2,1H3,(H,53,54,55). The zero-order valence-electron chi connectivity index (χ0n) is 31.1. The van der Waals surface area contributed by atoms with Crippen molar-refractivity contribution in [1.29, 1.82) is 0 Å². The molecule has 2 aromatic carbocycles. The largest absolute Gasteiger partial charge is 0.397 e. The molecule has 1 N–H and O–H groups in total. The van der Waals surface area contributed by atoms with E-state index in [2.05, 4.69) is 23.5 Å². The number of thiophene rings is 2. The van der Waals surface area contributed by atoms with Crippen LogP contribution in [-0.2, 0) is 35.8 Å². The molecule has 2 aliphatic carbocycles. The number of hydrogen-bond acceptors (Lipinski definition) is 6. The molecule has 17 heteroatoms. The van der Waals surface area contributed by atoms with E-state index in [-0.39, 0.29) is 27.3 Å². The predicted octanol–water partition coefficient (Wildman–Crippen LogP) is 13.8. The monoisotopic (exact) mass is 926 g/mol. The van der Waals surface area contributed by atoms with E-state index in [0.717, 1.165) is 54.1 Å². The van der Waals surface area contributed by atoms with Gasteiger partial charge in [0.05, 0.1) is 59.9 Å². The van der Waals surface area contributed by atoms with Crippen LogP contribution >= 0.6 is 69.1 Å². The fraction of sp³-hybridized carbons (Fsp3) is 0.366. The van der Waals surface area contributed by atoms with Crippen molar-refractivity contribution in [2.24, 2.45) is 0 Å². The van der Waals surface area contributed by atoms with Crippen LogP contribution in [0.4, 0.5) is 13.2 Å². The number of nitrogens with zero attached hydrogens (tertiary/aromatic N) is 4. The van der Waals surface area contributed by atoms with Crippen LogP contribution in [0.5, 0.6) is 0 Å². The SMILES string of the molecule is CC(CCCCCC(c1nn(-c2ccc(Cl)cc2Cl)c2c1CCCc1cc(S(=O)(=O)O)sc1-2)C(F)(F)F)c1nn(-c2ccc(Cl)cc2Cl)c2c1CCCc1ccsc1-2. The number of rotatable bonds is 11.